The summed E-state index contributed by atoms with van der Waals surface area (Å²) in [6.07, 6.45) is 0. The van der Waals surface area contributed by atoms with Gasteiger partial charge in [-0.15, -0.1) is 5.10 Å². The maximum atomic E-state index is 12.5. The van der Waals surface area contributed by atoms with E-state index in [4.69, 9.17) is 13.9 Å². The number of nitrogens with one attached hydrogen (secondary N) is 1. The molecule has 0 spiro atoms. The van der Waals surface area contributed by atoms with E-state index in [2.05, 4.69) is 15.5 Å². The van der Waals surface area contributed by atoms with Crippen molar-refractivity contribution in [1.29, 1.82) is 0 Å². The molecule has 33 heavy (non-hydrogen) atoms. The van der Waals surface area contributed by atoms with Crippen LogP contribution in [0, 0.1) is 0 Å². The molecule has 0 fully saturated rings. The number of rotatable bonds is 6. The first-order chi connectivity index (χ1) is 15.8. The van der Waals surface area contributed by atoms with E-state index in [9.17, 15) is 13.2 Å². The number of thioether (sulfide) groups is 1. The number of carbonyl (C=O) groups excluding carboxylic acids is 1. The molecule has 0 saturated carbocycles. The molecule has 4 aromatic rings. The van der Waals surface area contributed by atoms with Gasteiger partial charge in [0.25, 0.3) is 0 Å². The zero-order valence-corrected chi connectivity index (χ0v) is 19.3. The molecule has 11 nitrogen and oxygen atoms in total. The molecule has 3 heterocycles. The molecule has 172 valence electrons. The highest BCUT2D eigenvalue weighted by Crippen LogP contribution is 2.33. The molecule has 0 saturated heterocycles. The average molecular weight is 490 g/mol. The van der Waals surface area contributed by atoms with E-state index in [-0.39, 0.29) is 22.4 Å². The number of sulfonamides is 1. The lowest BCUT2D eigenvalue weighted by Gasteiger charge is -2.18. The zero-order chi connectivity index (χ0) is 23.2. The third-order valence-corrected chi connectivity index (χ3v) is 7.65. The van der Waals surface area contributed by atoms with Crippen LogP contribution < -0.4 is 14.8 Å². The van der Waals surface area contributed by atoms with Crippen LogP contribution in [0.2, 0.25) is 0 Å². The van der Waals surface area contributed by atoms with Gasteiger partial charge < -0.3 is 19.2 Å². The van der Waals surface area contributed by atoms with Gasteiger partial charge in [-0.1, -0.05) is 16.9 Å². The second kappa shape index (κ2) is 8.24. The first-order valence-corrected chi connectivity index (χ1v) is 12.3. The van der Waals surface area contributed by atoms with Crippen LogP contribution >= 0.6 is 11.8 Å². The van der Waals surface area contributed by atoms with Crippen molar-refractivity contribution in [3.05, 3.63) is 36.4 Å². The van der Waals surface area contributed by atoms with E-state index in [1.165, 1.54) is 26.2 Å². The third-order valence-electron chi connectivity index (χ3n) is 4.91. The SMILES string of the molecule is CN(C)S(=O)(=O)c1ccc2oc3nnc(SCC(=O)Nc4ccc5c(c4)OCCO5)n3c2c1. The largest absolute Gasteiger partial charge is 0.486 e. The Morgan fingerprint density at radius 3 is 2.70 bits per heavy atom. The number of benzene rings is 2. The van der Waals surface area contributed by atoms with Gasteiger partial charge >= 0.3 is 5.84 Å². The van der Waals surface area contributed by atoms with Crippen molar-refractivity contribution in [1.82, 2.24) is 18.9 Å². The molecule has 1 aliphatic heterocycles. The molecule has 0 bridgehead atoms. The van der Waals surface area contributed by atoms with Gasteiger partial charge in [0.2, 0.25) is 15.9 Å². The lowest BCUT2D eigenvalue weighted by molar-refractivity contribution is -0.113. The molecular formula is C20H19N5O6S2. The van der Waals surface area contributed by atoms with Crippen molar-refractivity contribution < 1.29 is 27.1 Å². The summed E-state index contributed by atoms with van der Waals surface area (Å²) in [6, 6.07) is 9.75. The van der Waals surface area contributed by atoms with Crippen molar-refractivity contribution in [3.63, 3.8) is 0 Å². The number of anilines is 1. The summed E-state index contributed by atoms with van der Waals surface area (Å²) in [4.78, 5) is 12.6. The number of hydrogen-bond acceptors (Lipinski definition) is 9. The Kier molecular flexibility index (Phi) is 5.38. The van der Waals surface area contributed by atoms with Gasteiger partial charge in [-0.3, -0.25) is 4.79 Å². The monoisotopic (exact) mass is 489 g/mol. The van der Waals surface area contributed by atoms with Gasteiger partial charge in [0.15, 0.2) is 22.2 Å². The molecule has 2 aromatic carbocycles. The summed E-state index contributed by atoms with van der Waals surface area (Å²) in [5.41, 5.74) is 1.54. The summed E-state index contributed by atoms with van der Waals surface area (Å²) >= 11 is 1.15. The highest BCUT2D eigenvalue weighted by molar-refractivity contribution is 7.99. The van der Waals surface area contributed by atoms with E-state index in [0.29, 0.717) is 46.7 Å². The normalized spacial score (nSPS) is 13.7. The first-order valence-electron chi connectivity index (χ1n) is 9.85. The van der Waals surface area contributed by atoms with Crippen LogP contribution in [0.15, 0.2) is 50.9 Å². The number of amides is 1. The van der Waals surface area contributed by atoms with Crippen LogP contribution in [-0.4, -0.2) is 66.3 Å². The molecule has 1 aliphatic rings. The van der Waals surface area contributed by atoms with Gasteiger partial charge in [-0.2, -0.15) is 0 Å². The van der Waals surface area contributed by atoms with Crippen molar-refractivity contribution in [3.8, 4) is 11.5 Å². The first kappa shape index (κ1) is 21.6. The minimum absolute atomic E-state index is 0.0532. The number of hydrogen-bond donors (Lipinski definition) is 1. The maximum Gasteiger partial charge on any atom is 0.328 e. The zero-order valence-electron chi connectivity index (χ0n) is 17.6. The molecule has 5 rings (SSSR count). The van der Waals surface area contributed by atoms with Crippen molar-refractivity contribution >= 4 is 50.3 Å². The Morgan fingerprint density at radius 1 is 1.12 bits per heavy atom. The van der Waals surface area contributed by atoms with E-state index < -0.39 is 10.0 Å². The van der Waals surface area contributed by atoms with Crippen molar-refractivity contribution in [2.24, 2.45) is 0 Å². The molecule has 1 N–H and O–H groups in total. The summed E-state index contributed by atoms with van der Waals surface area (Å²) in [6.45, 7) is 0.951. The van der Waals surface area contributed by atoms with Gasteiger partial charge in [-0.25, -0.2) is 17.1 Å². The summed E-state index contributed by atoms with van der Waals surface area (Å²) in [7, 11) is -0.704. The molecular weight excluding hydrogens is 470 g/mol. The Bertz CT molecular complexity index is 1480. The van der Waals surface area contributed by atoms with Crippen molar-refractivity contribution in [2.75, 3.05) is 38.4 Å². The smallest absolute Gasteiger partial charge is 0.328 e. The highest BCUT2D eigenvalue weighted by Gasteiger charge is 2.21. The van der Waals surface area contributed by atoms with Crippen LogP contribution in [0.4, 0.5) is 5.69 Å². The quantitative estimate of drug-likeness (QED) is 0.405. The fourth-order valence-corrected chi connectivity index (χ4v) is 4.96. The Morgan fingerprint density at radius 2 is 1.91 bits per heavy atom. The van der Waals surface area contributed by atoms with Crippen LogP contribution in [-0.2, 0) is 14.8 Å². The van der Waals surface area contributed by atoms with Crippen LogP contribution in [0.1, 0.15) is 0 Å². The van der Waals surface area contributed by atoms with Crippen molar-refractivity contribution in [2.45, 2.75) is 10.1 Å². The minimum atomic E-state index is -3.63. The predicted molar refractivity (Wildman–Crippen MR) is 120 cm³/mol. The standard InChI is InChI=1S/C20H19N5O6S2/c1-24(2)33(27,28)13-4-6-15-14(10-13)25-19(31-15)22-23-20(25)32-11-18(26)21-12-3-5-16-17(9-12)30-8-7-29-16/h3-6,9-10H,7-8,11H2,1-2H3,(H,21,26). The fourth-order valence-electron chi connectivity index (χ4n) is 3.30. The van der Waals surface area contributed by atoms with Gasteiger partial charge in [-0.05, 0) is 30.3 Å². The van der Waals surface area contributed by atoms with Crippen LogP contribution in [0.5, 0.6) is 11.5 Å². The number of oxazole rings is 1. The number of ether oxygens (including phenoxy) is 2. The second-order valence-corrected chi connectivity index (χ2v) is 10.4. The predicted octanol–water partition coefficient (Wildman–Crippen LogP) is 2.23. The lowest BCUT2D eigenvalue weighted by Crippen LogP contribution is -2.22. The molecule has 2 aromatic heterocycles. The molecule has 13 heteroatoms. The second-order valence-electron chi connectivity index (χ2n) is 7.31. The number of nitrogens with zero attached hydrogens (tertiary/aromatic N) is 4. The maximum absolute atomic E-state index is 12.5. The lowest BCUT2D eigenvalue weighted by atomic mass is 10.2. The Balaban J connectivity index is 1.36. The van der Waals surface area contributed by atoms with E-state index >= 15 is 0 Å². The van der Waals surface area contributed by atoms with Gasteiger partial charge in [0.05, 0.1) is 16.2 Å². The molecule has 0 aliphatic carbocycles. The van der Waals surface area contributed by atoms with E-state index in [1.54, 1.807) is 28.7 Å². The third kappa shape index (κ3) is 3.98. The molecule has 1 amide bonds. The molecule has 0 atom stereocenters. The minimum Gasteiger partial charge on any atom is -0.486 e. The Hall–Kier alpha value is -3.29. The molecule has 0 unspecified atom stereocenters. The number of aromatic nitrogens is 3. The van der Waals surface area contributed by atoms with Crippen LogP contribution in [0.3, 0.4) is 0 Å². The van der Waals surface area contributed by atoms with Gasteiger partial charge in [0.1, 0.15) is 13.2 Å². The molecule has 0 radical (unpaired) electrons. The average Bonchev–Trinajstić information content (AvgIpc) is 3.36. The summed E-state index contributed by atoms with van der Waals surface area (Å²) < 4.78 is 44.4. The van der Waals surface area contributed by atoms with Crippen LogP contribution in [0.25, 0.3) is 16.9 Å². The Labute approximate surface area is 192 Å². The van der Waals surface area contributed by atoms with E-state index in [1.807, 2.05) is 0 Å². The summed E-state index contributed by atoms with van der Waals surface area (Å²) in [5.74, 6) is 1.23. The summed E-state index contributed by atoms with van der Waals surface area (Å²) in [5, 5.41) is 11.3. The van der Waals surface area contributed by atoms with E-state index in [0.717, 1.165) is 16.1 Å². The highest BCUT2D eigenvalue weighted by atomic mass is 32.2. The number of carbonyl (C=O) groups is 1. The topological polar surface area (TPSA) is 128 Å². The fraction of sp³-hybridized carbons (Fsp3) is 0.250. The van der Waals surface area contributed by atoms with Gasteiger partial charge in [0, 0.05) is 25.8 Å². The number of fused-ring (bicyclic) bond motifs is 4.